The molecule has 0 aromatic heterocycles. The van der Waals surface area contributed by atoms with E-state index in [4.69, 9.17) is 4.74 Å². The number of carbonyl (C=O) groups is 3. The molecule has 1 aliphatic heterocycles. The van der Waals surface area contributed by atoms with Crippen molar-refractivity contribution in [2.24, 2.45) is 5.92 Å². The highest BCUT2D eigenvalue weighted by molar-refractivity contribution is 5.89. The van der Waals surface area contributed by atoms with Crippen LogP contribution in [0.2, 0.25) is 0 Å². The highest BCUT2D eigenvalue weighted by atomic mass is 16.5. The Balaban J connectivity index is 1.29. The molecule has 6 nitrogen and oxygen atoms in total. The van der Waals surface area contributed by atoms with E-state index in [0.717, 1.165) is 42.0 Å². The van der Waals surface area contributed by atoms with Gasteiger partial charge in [0.25, 0.3) is 5.91 Å². The monoisotopic (exact) mass is 408 g/mol. The first kappa shape index (κ1) is 20.4. The van der Waals surface area contributed by atoms with Crippen LogP contribution in [0.3, 0.4) is 0 Å². The SMILES string of the molecule is C[C@H](NC(=O)COC(=O)[C@H]1CC(=O)N(C2CCCC2)C1)c1cccc2ccccc12. The first-order valence-electron chi connectivity index (χ1n) is 10.8. The molecule has 0 unspecified atom stereocenters. The first-order chi connectivity index (χ1) is 14.5. The molecule has 2 atom stereocenters. The van der Waals surface area contributed by atoms with Crippen molar-refractivity contribution in [3.63, 3.8) is 0 Å². The molecule has 2 aromatic rings. The third-order valence-electron chi connectivity index (χ3n) is 6.27. The summed E-state index contributed by atoms with van der Waals surface area (Å²) in [6.45, 7) is 2.00. The quantitative estimate of drug-likeness (QED) is 0.744. The molecule has 1 aliphatic carbocycles. The van der Waals surface area contributed by atoms with Gasteiger partial charge in [-0.05, 0) is 36.1 Å². The molecular weight excluding hydrogens is 380 g/mol. The third-order valence-corrected chi connectivity index (χ3v) is 6.27. The van der Waals surface area contributed by atoms with Crippen molar-refractivity contribution >= 4 is 28.6 Å². The van der Waals surface area contributed by atoms with Gasteiger partial charge in [0, 0.05) is 19.0 Å². The zero-order valence-corrected chi connectivity index (χ0v) is 17.3. The van der Waals surface area contributed by atoms with Gasteiger partial charge in [0.2, 0.25) is 5.91 Å². The highest BCUT2D eigenvalue weighted by Gasteiger charge is 2.39. The number of carbonyl (C=O) groups excluding carboxylic acids is 3. The van der Waals surface area contributed by atoms with Gasteiger partial charge in [-0.3, -0.25) is 14.4 Å². The summed E-state index contributed by atoms with van der Waals surface area (Å²) < 4.78 is 5.24. The smallest absolute Gasteiger partial charge is 0.311 e. The van der Waals surface area contributed by atoms with E-state index in [0.29, 0.717) is 6.54 Å². The molecule has 158 valence electrons. The van der Waals surface area contributed by atoms with Crippen LogP contribution in [0.4, 0.5) is 0 Å². The van der Waals surface area contributed by atoms with E-state index in [1.165, 1.54) is 0 Å². The Labute approximate surface area is 176 Å². The minimum Gasteiger partial charge on any atom is -0.455 e. The molecule has 0 spiro atoms. The van der Waals surface area contributed by atoms with E-state index in [9.17, 15) is 14.4 Å². The molecular formula is C24H28N2O4. The lowest BCUT2D eigenvalue weighted by molar-refractivity contribution is -0.152. The number of fused-ring (bicyclic) bond motifs is 1. The van der Waals surface area contributed by atoms with Crippen LogP contribution in [0, 0.1) is 5.92 Å². The standard InChI is InChI=1S/C24H28N2O4/c1-16(20-12-6-8-17-7-2-5-11-21(17)20)25-22(27)15-30-24(29)18-13-23(28)26(14-18)19-9-3-4-10-19/h2,5-8,11-12,16,18-19H,3-4,9-10,13-15H2,1H3,(H,25,27)/t16-,18-/m0/s1. The lowest BCUT2D eigenvalue weighted by Crippen LogP contribution is -2.35. The number of hydrogen-bond donors (Lipinski definition) is 1. The summed E-state index contributed by atoms with van der Waals surface area (Å²) in [5, 5.41) is 5.10. The maximum absolute atomic E-state index is 12.4. The van der Waals surface area contributed by atoms with Crippen LogP contribution < -0.4 is 5.32 Å². The van der Waals surface area contributed by atoms with Crippen molar-refractivity contribution in [1.29, 1.82) is 0 Å². The first-order valence-corrected chi connectivity index (χ1v) is 10.8. The molecule has 30 heavy (non-hydrogen) atoms. The Hall–Kier alpha value is -2.89. The molecule has 0 bridgehead atoms. The lowest BCUT2D eigenvalue weighted by atomic mass is 10.00. The van der Waals surface area contributed by atoms with E-state index in [-0.39, 0.29) is 36.9 Å². The van der Waals surface area contributed by atoms with Crippen LogP contribution in [0.15, 0.2) is 42.5 Å². The van der Waals surface area contributed by atoms with Crippen molar-refractivity contribution in [3.05, 3.63) is 48.0 Å². The topological polar surface area (TPSA) is 75.7 Å². The number of benzene rings is 2. The zero-order valence-electron chi connectivity index (χ0n) is 17.3. The molecule has 2 aromatic carbocycles. The van der Waals surface area contributed by atoms with Gasteiger partial charge in [-0.15, -0.1) is 0 Å². The van der Waals surface area contributed by atoms with Gasteiger partial charge in [0.1, 0.15) is 0 Å². The fraction of sp³-hybridized carbons (Fsp3) is 0.458. The predicted octanol–water partition coefficient (Wildman–Crippen LogP) is 3.35. The van der Waals surface area contributed by atoms with Gasteiger partial charge >= 0.3 is 5.97 Å². The molecule has 2 aliphatic rings. The molecule has 2 fully saturated rings. The number of amides is 2. The van der Waals surface area contributed by atoms with E-state index < -0.39 is 11.9 Å². The van der Waals surface area contributed by atoms with Crippen LogP contribution >= 0.6 is 0 Å². The van der Waals surface area contributed by atoms with Crippen LogP contribution in [0.5, 0.6) is 0 Å². The van der Waals surface area contributed by atoms with E-state index >= 15 is 0 Å². The van der Waals surface area contributed by atoms with Gasteiger partial charge in [-0.1, -0.05) is 55.3 Å². The van der Waals surface area contributed by atoms with Crippen molar-refractivity contribution in [1.82, 2.24) is 10.2 Å². The predicted molar refractivity (Wildman–Crippen MR) is 114 cm³/mol. The maximum atomic E-state index is 12.4. The Morgan fingerprint density at radius 3 is 2.67 bits per heavy atom. The number of nitrogens with one attached hydrogen (secondary N) is 1. The molecule has 6 heteroatoms. The number of ether oxygens (including phenoxy) is 1. The number of esters is 1. The highest BCUT2D eigenvalue weighted by Crippen LogP contribution is 2.30. The Morgan fingerprint density at radius 1 is 1.13 bits per heavy atom. The summed E-state index contributed by atoms with van der Waals surface area (Å²) in [5.74, 6) is -1.25. The fourth-order valence-corrected chi connectivity index (χ4v) is 4.70. The molecule has 1 saturated heterocycles. The van der Waals surface area contributed by atoms with Gasteiger partial charge in [-0.25, -0.2) is 0 Å². The number of nitrogens with zero attached hydrogens (tertiary/aromatic N) is 1. The molecule has 1 saturated carbocycles. The maximum Gasteiger partial charge on any atom is 0.311 e. The second kappa shape index (κ2) is 8.86. The van der Waals surface area contributed by atoms with E-state index in [1.807, 2.05) is 54.3 Å². The summed E-state index contributed by atoms with van der Waals surface area (Å²) in [4.78, 5) is 38.9. The molecule has 4 rings (SSSR count). The van der Waals surface area contributed by atoms with Gasteiger partial charge in [0.05, 0.1) is 12.0 Å². The van der Waals surface area contributed by atoms with Crippen LogP contribution in [0.25, 0.3) is 10.8 Å². The Kier molecular flexibility index (Phi) is 6.02. The van der Waals surface area contributed by atoms with E-state index in [2.05, 4.69) is 5.32 Å². The van der Waals surface area contributed by atoms with Crippen molar-refractivity contribution in [3.8, 4) is 0 Å². The van der Waals surface area contributed by atoms with Gasteiger partial charge < -0.3 is 15.0 Å². The molecule has 2 amide bonds. The Bertz CT molecular complexity index is 946. The summed E-state index contributed by atoms with van der Waals surface area (Å²) in [5.41, 5.74) is 1.02. The second-order valence-corrected chi connectivity index (χ2v) is 8.35. The fourth-order valence-electron chi connectivity index (χ4n) is 4.70. The van der Waals surface area contributed by atoms with E-state index in [1.54, 1.807) is 0 Å². The average molecular weight is 408 g/mol. The summed E-state index contributed by atoms with van der Waals surface area (Å²) >= 11 is 0. The number of rotatable bonds is 6. The lowest BCUT2D eigenvalue weighted by Gasteiger charge is -2.23. The summed E-state index contributed by atoms with van der Waals surface area (Å²) in [6, 6.07) is 14.1. The number of likely N-dealkylation sites (tertiary alicyclic amines) is 1. The largest absolute Gasteiger partial charge is 0.455 e. The van der Waals surface area contributed by atoms with Crippen LogP contribution in [-0.2, 0) is 19.1 Å². The van der Waals surface area contributed by atoms with Gasteiger partial charge in [0.15, 0.2) is 6.61 Å². The van der Waals surface area contributed by atoms with Crippen molar-refractivity contribution in [2.45, 2.75) is 51.1 Å². The minimum absolute atomic E-state index is 0.0258. The normalized spacial score (nSPS) is 20.5. The molecule has 1 N–H and O–H groups in total. The Morgan fingerprint density at radius 2 is 1.87 bits per heavy atom. The molecule has 1 heterocycles. The second-order valence-electron chi connectivity index (χ2n) is 8.35. The average Bonchev–Trinajstić information content (AvgIpc) is 3.41. The van der Waals surface area contributed by atoms with Gasteiger partial charge in [-0.2, -0.15) is 0 Å². The van der Waals surface area contributed by atoms with Crippen molar-refractivity contribution < 1.29 is 19.1 Å². The summed E-state index contributed by atoms with van der Waals surface area (Å²) in [6.07, 6.45) is 4.49. The molecule has 0 radical (unpaired) electrons. The number of hydrogen-bond acceptors (Lipinski definition) is 4. The van der Waals surface area contributed by atoms with Crippen molar-refractivity contribution in [2.75, 3.05) is 13.2 Å². The summed E-state index contributed by atoms with van der Waals surface area (Å²) in [7, 11) is 0. The minimum atomic E-state index is -0.471. The van der Waals surface area contributed by atoms with Crippen LogP contribution in [-0.4, -0.2) is 41.9 Å². The van der Waals surface area contributed by atoms with Crippen LogP contribution in [0.1, 0.15) is 50.6 Å². The third kappa shape index (κ3) is 4.32. The zero-order chi connectivity index (χ0) is 21.1.